The number of hydrogen-bond donors (Lipinski definition) is 1. The molecule has 0 aromatic heterocycles. The van der Waals surface area contributed by atoms with Crippen LogP contribution in [-0.4, -0.2) is 12.3 Å². The number of carbonyl (C=O) groups is 1. The zero-order chi connectivity index (χ0) is 12.8. The van der Waals surface area contributed by atoms with Crippen molar-refractivity contribution in [3.63, 3.8) is 0 Å². The molecule has 0 fully saturated rings. The molecule has 92 valence electrons. The van der Waals surface area contributed by atoms with Crippen LogP contribution in [0, 0.1) is 0 Å². The first-order valence-electron chi connectivity index (χ1n) is 6.14. The summed E-state index contributed by atoms with van der Waals surface area (Å²) in [6.07, 6.45) is 0.570. The van der Waals surface area contributed by atoms with Crippen molar-refractivity contribution in [3.05, 3.63) is 54.6 Å². The summed E-state index contributed by atoms with van der Waals surface area (Å²) in [4.78, 5) is 10.8. The second kappa shape index (κ2) is 6.01. The maximum atomic E-state index is 10.8. The van der Waals surface area contributed by atoms with E-state index in [1.54, 1.807) is 6.92 Å². The van der Waals surface area contributed by atoms with Gasteiger partial charge >= 0.3 is 0 Å². The second-order valence-corrected chi connectivity index (χ2v) is 4.32. The zero-order valence-electron chi connectivity index (χ0n) is 10.5. The fourth-order valence-corrected chi connectivity index (χ4v) is 1.79. The van der Waals surface area contributed by atoms with Crippen molar-refractivity contribution < 1.29 is 4.79 Å². The predicted molar refractivity (Wildman–Crippen MR) is 75.7 cm³/mol. The van der Waals surface area contributed by atoms with E-state index in [-0.39, 0.29) is 5.78 Å². The van der Waals surface area contributed by atoms with Crippen LogP contribution in [0.2, 0.25) is 0 Å². The van der Waals surface area contributed by atoms with Crippen molar-refractivity contribution in [3.8, 4) is 11.1 Å². The van der Waals surface area contributed by atoms with Crippen molar-refractivity contribution >= 4 is 11.5 Å². The first-order chi connectivity index (χ1) is 8.75. The number of rotatable bonds is 5. The minimum Gasteiger partial charge on any atom is -0.385 e. The molecule has 0 radical (unpaired) electrons. The first kappa shape index (κ1) is 12.4. The number of benzene rings is 2. The molecule has 0 aliphatic rings. The van der Waals surface area contributed by atoms with E-state index in [9.17, 15) is 4.79 Å². The van der Waals surface area contributed by atoms with E-state index in [1.807, 2.05) is 30.3 Å². The average Bonchev–Trinajstić information content (AvgIpc) is 2.40. The Bertz CT molecular complexity index is 502. The summed E-state index contributed by atoms with van der Waals surface area (Å²) in [5.41, 5.74) is 3.47. The van der Waals surface area contributed by atoms with E-state index in [1.165, 1.54) is 11.1 Å². The van der Waals surface area contributed by atoms with Crippen LogP contribution in [0.5, 0.6) is 0 Å². The quantitative estimate of drug-likeness (QED) is 0.861. The lowest BCUT2D eigenvalue weighted by Gasteiger charge is -2.06. The molecule has 0 aliphatic carbocycles. The molecule has 2 aromatic rings. The molecule has 2 aromatic carbocycles. The topological polar surface area (TPSA) is 29.1 Å². The van der Waals surface area contributed by atoms with E-state index < -0.39 is 0 Å². The summed E-state index contributed by atoms with van der Waals surface area (Å²) < 4.78 is 0. The maximum absolute atomic E-state index is 10.8. The lowest BCUT2D eigenvalue weighted by atomic mass is 10.1. The molecule has 2 rings (SSSR count). The van der Waals surface area contributed by atoms with Gasteiger partial charge in [0, 0.05) is 18.7 Å². The highest BCUT2D eigenvalue weighted by Crippen LogP contribution is 2.20. The van der Waals surface area contributed by atoms with Gasteiger partial charge in [0.1, 0.15) is 5.78 Å². The number of hydrogen-bond acceptors (Lipinski definition) is 2. The van der Waals surface area contributed by atoms with Crippen molar-refractivity contribution in [1.82, 2.24) is 0 Å². The molecule has 0 saturated carbocycles. The Morgan fingerprint density at radius 3 is 2.17 bits per heavy atom. The molecule has 18 heavy (non-hydrogen) atoms. The summed E-state index contributed by atoms with van der Waals surface area (Å²) in [6, 6.07) is 18.5. The fraction of sp³-hybridized carbons (Fsp3) is 0.188. The van der Waals surface area contributed by atoms with Crippen LogP contribution >= 0.6 is 0 Å². The molecular weight excluding hydrogens is 222 g/mol. The summed E-state index contributed by atoms with van der Waals surface area (Å²) in [5.74, 6) is 0.211. The highest BCUT2D eigenvalue weighted by Gasteiger charge is 1.97. The number of ketones is 1. The number of anilines is 1. The van der Waals surface area contributed by atoms with Gasteiger partial charge < -0.3 is 5.32 Å². The van der Waals surface area contributed by atoms with Gasteiger partial charge in [0.2, 0.25) is 0 Å². The SMILES string of the molecule is CC(=O)CCNc1ccc(-c2ccccc2)cc1. The second-order valence-electron chi connectivity index (χ2n) is 4.32. The van der Waals surface area contributed by atoms with Crippen molar-refractivity contribution in [1.29, 1.82) is 0 Å². The normalized spacial score (nSPS) is 10.1. The molecule has 0 aliphatic heterocycles. The summed E-state index contributed by atoms with van der Waals surface area (Å²) in [6.45, 7) is 2.31. The van der Waals surface area contributed by atoms with Crippen LogP contribution in [-0.2, 0) is 4.79 Å². The smallest absolute Gasteiger partial charge is 0.131 e. The highest BCUT2D eigenvalue weighted by molar-refractivity contribution is 5.76. The standard InChI is InChI=1S/C16H17NO/c1-13(18)11-12-17-16-9-7-15(8-10-16)14-5-3-2-4-6-14/h2-10,17H,11-12H2,1H3. The first-order valence-corrected chi connectivity index (χ1v) is 6.14. The molecule has 0 heterocycles. The Hall–Kier alpha value is -2.09. The molecule has 1 N–H and O–H groups in total. The van der Waals surface area contributed by atoms with Crippen LogP contribution < -0.4 is 5.32 Å². The van der Waals surface area contributed by atoms with Crippen molar-refractivity contribution in [2.75, 3.05) is 11.9 Å². The monoisotopic (exact) mass is 239 g/mol. The van der Waals surface area contributed by atoms with Crippen LogP contribution in [0.3, 0.4) is 0 Å². The summed E-state index contributed by atoms with van der Waals surface area (Å²) in [5, 5.41) is 3.23. The van der Waals surface area contributed by atoms with Gasteiger partial charge in [-0.3, -0.25) is 4.79 Å². The Balaban J connectivity index is 2.00. The van der Waals surface area contributed by atoms with Crippen molar-refractivity contribution in [2.24, 2.45) is 0 Å². The van der Waals surface area contributed by atoms with Crippen LogP contribution in [0.15, 0.2) is 54.6 Å². The van der Waals surface area contributed by atoms with Crippen LogP contribution in [0.25, 0.3) is 11.1 Å². The molecule has 0 spiro atoms. The van der Waals surface area contributed by atoms with Gasteiger partial charge in [-0.25, -0.2) is 0 Å². The van der Waals surface area contributed by atoms with Gasteiger partial charge in [0.25, 0.3) is 0 Å². The number of carbonyl (C=O) groups excluding carboxylic acids is 1. The predicted octanol–water partition coefficient (Wildman–Crippen LogP) is 3.74. The van der Waals surface area contributed by atoms with E-state index >= 15 is 0 Å². The van der Waals surface area contributed by atoms with Crippen molar-refractivity contribution in [2.45, 2.75) is 13.3 Å². The largest absolute Gasteiger partial charge is 0.385 e. The molecule has 0 atom stereocenters. The zero-order valence-corrected chi connectivity index (χ0v) is 10.5. The van der Waals surface area contributed by atoms with Crippen LogP contribution in [0.4, 0.5) is 5.69 Å². The molecular formula is C16H17NO. The molecule has 0 saturated heterocycles. The lowest BCUT2D eigenvalue weighted by molar-refractivity contribution is -0.116. The van der Waals surface area contributed by atoms with Gasteiger partial charge in [-0.15, -0.1) is 0 Å². The minimum absolute atomic E-state index is 0.211. The van der Waals surface area contributed by atoms with Gasteiger partial charge in [-0.05, 0) is 30.2 Å². The summed E-state index contributed by atoms with van der Waals surface area (Å²) >= 11 is 0. The molecule has 0 amide bonds. The fourth-order valence-electron chi connectivity index (χ4n) is 1.79. The molecule has 2 heteroatoms. The van der Waals surface area contributed by atoms with Gasteiger partial charge in [0.15, 0.2) is 0 Å². The lowest BCUT2D eigenvalue weighted by Crippen LogP contribution is -2.05. The van der Waals surface area contributed by atoms with Gasteiger partial charge in [-0.1, -0.05) is 42.5 Å². The number of Topliss-reactive ketones (excluding diaryl/α,β-unsaturated/α-hetero) is 1. The molecule has 0 unspecified atom stereocenters. The van der Waals surface area contributed by atoms with E-state index in [0.29, 0.717) is 13.0 Å². The third-order valence-electron chi connectivity index (χ3n) is 2.80. The Kier molecular flexibility index (Phi) is 4.13. The van der Waals surface area contributed by atoms with Gasteiger partial charge in [0.05, 0.1) is 0 Å². The maximum Gasteiger partial charge on any atom is 0.131 e. The average molecular weight is 239 g/mol. The highest BCUT2D eigenvalue weighted by atomic mass is 16.1. The number of nitrogens with one attached hydrogen (secondary N) is 1. The van der Waals surface area contributed by atoms with E-state index in [4.69, 9.17) is 0 Å². The Labute approximate surface area is 108 Å². The third kappa shape index (κ3) is 3.45. The molecule has 0 bridgehead atoms. The van der Waals surface area contributed by atoms with E-state index in [2.05, 4.69) is 29.6 Å². The molecule has 2 nitrogen and oxygen atoms in total. The Morgan fingerprint density at radius 1 is 0.944 bits per heavy atom. The summed E-state index contributed by atoms with van der Waals surface area (Å²) in [7, 11) is 0. The van der Waals surface area contributed by atoms with E-state index in [0.717, 1.165) is 5.69 Å². The minimum atomic E-state index is 0.211. The Morgan fingerprint density at radius 2 is 1.56 bits per heavy atom. The van der Waals surface area contributed by atoms with Gasteiger partial charge in [-0.2, -0.15) is 0 Å². The third-order valence-corrected chi connectivity index (χ3v) is 2.80. The van der Waals surface area contributed by atoms with Crippen LogP contribution in [0.1, 0.15) is 13.3 Å².